The molecule has 1 saturated heterocycles. The molecule has 152 valence electrons. The number of nitrogens with zero attached hydrogens (tertiary/aromatic N) is 1. The second-order valence-electron chi connectivity index (χ2n) is 5.94. The fourth-order valence-electron chi connectivity index (χ4n) is 2.63. The first-order chi connectivity index (χ1) is 12.4. The van der Waals surface area contributed by atoms with Crippen molar-refractivity contribution in [2.75, 3.05) is 45.2 Å². The molecule has 1 unspecified atom stereocenters. The summed E-state index contributed by atoms with van der Waals surface area (Å²) in [4.78, 5) is 26.0. The van der Waals surface area contributed by atoms with Crippen LogP contribution in [0.2, 0.25) is 0 Å². The van der Waals surface area contributed by atoms with Gasteiger partial charge in [0.2, 0.25) is 21.8 Å². The van der Waals surface area contributed by atoms with Crippen molar-refractivity contribution in [3.05, 3.63) is 24.3 Å². The molecule has 1 aliphatic rings. The number of nitrogens with two attached hydrogens (primary N) is 1. The van der Waals surface area contributed by atoms with E-state index in [0.29, 0.717) is 25.4 Å². The number of anilines is 1. The summed E-state index contributed by atoms with van der Waals surface area (Å²) in [5, 5.41) is 2.68. The van der Waals surface area contributed by atoms with Gasteiger partial charge in [-0.25, -0.2) is 13.1 Å². The summed E-state index contributed by atoms with van der Waals surface area (Å²) in [5.41, 5.74) is 5.66. The highest BCUT2D eigenvalue weighted by Gasteiger charge is 2.34. The van der Waals surface area contributed by atoms with Crippen LogP contribution in [0.15, 0.2) is 29.2 Å². The van der Waals surface area contributed by atoms with E-state index in [2.05, 4.69) is 10.0 Å². The van der Waals surface area contributed by atoms with E-state index in [0.717, 1.165) is 0 Å². The van der Waals surface area contributed by atoms with Crippen LogP contribution in [0.1, 0.15) is 6.42 Å². The Morgan fingerprint density at radius 1 is 1.41 bits per heavy atom. The predicted octanol–water partition coefficient (Wildman–Crippen LogP) is -0.221. The van der Waals surface area contributed by atoms with Gasteiger partial charge in [0.1, 0.15) is 0 Å². The van der Waals surface area contributed by atoms with Crippen molar-refractivity contribution in [2.24, 2.45) is 11.7 Å². The van der Waals surface area contributed by atoms with Gasteiger partial charge in [0.25, 0.3) is 0 Å². The number of benzene rings is 1. The Morgan fingerprint density at radius 3 is 2.81 bits per heavy atom. The highest BCUT2D eigenvalue weighted by atomic mass is 35.5. The number of halogens is 1. The number of carbonyl (C=O) groups is 2. The molecule has 9 nitrogen and oxygen atoms in total. The van der Waals surface area contributed by atoms with Gasteiger partial charge < -0.3 is 20.7 Å². The Balaban J connectivity index is 0.00000364. The average molecular weight is 421 g/mol. The molecule has 2 amide bonds. The van der Waals surface area contributed by atoms with Crippen molar-refractivity contribution < 1.29 is 22.7 Å². The molecule has 0 radical (unpaired) electrons. The summed E-state index contributed by atoms with van der Waals surface area (Å²) in [6.07, 6.45) is 0.131. The second-order valence-corrected chi connectivity index (χ2v) is 7.70. The number of likely N-dealkylation sites (tertiary alicyclic amines) is 1. The lowest BCUT2D eigenvalue weighted by Gasteiger charge is -2.16. The maximum absolute atomic E-state index is 12.4. The number of hydrogen-bond donors (Lipinski definition) is 3. The number of carbonyl (C=O) groups excluding carboxylic acids is 2. The minimum absolute atomic E-state index is 0. The molecular weight excluding hydrogens is 396 g/mol. The van der Waals surface area contributed by atoms with Gasteiger partial charge in [0, 0.05) is 45.4 Å². The summed E-state index contributed by atoms with van der Waals surface area (Å²) in [6, 6.07) is 5.94. The molecule has 1 heterocycles. The minimum atomic E-state index is -3.69. The van der Waals surface area contributed by atoms with Gasteiger partial charge in [-0.15, -0.1) is 12.4 Å². The Bertz CT molecular complexity index is 759. The maximum atomic E-state index is 12.4. The fourth-order valence-corrected chi connectivity index (χ4v) is 3.72. The third-order valence-electron chi connectivity index (χ3n) is 4.00. The molecule has 1 aromatic carbocycles. The van der Waals surface area contributed by atoms with Gasteiger partial charge in [-0.2, -0.15) is 0 Å². The van der Waals surface area contributed by atoms with Crippen molar-refractivity contribution in [1.82, 2.24) is 9.62 Å². The molecule has 1 atom stereocenters. The van der Waals surface area contributed by atoms with Gasteiger partial charge in [0.15, 0.2) is 0 Å². The zero-order valence-electron chi connectivity index (χ0n) is 15.0. The van der Waals surface area contributed by atoms with Crippen molar-refractivity contribution in [2.45, 2.75) is 11.3 Å². The molecule has 0 bridgehead atoms. The van der Waals surface area contributed by atoms with Crippen molar-refractivity contribution in [1.29, 1.82) is 0 Å². The number of ether oxygens (including phenoxy) is 1. The van der Waals surface area contributed by atoms with E-state index in [1.165, 1.54) is 18.2 Å². The summed E-state index contributed by atoms with van der Waals surface area (Å²) in [6.45, 7) is 1.49. The zero-order chi connectivity index (χ0) is 19.2. The monoisotopic (exact) mass is 420 g/mol. The number of nitrogens with one attached hydrogen (secondary N) is 2. The first-order valence-electron chi connectivity index (χ1n) is 8.24. The molecular formula is C16H25ClN4O5S. The van der Waals surface area contributed by atoms with E-state index in [1.54, 1.807) is 18.1 Å². The van der Waals surface area contributed by atoms with Gasteiger partial charge >= 0.3 is 0 Å². The van der Waals surface area contributed by atoms with Crippen LogP contribution in [-0.4, -0.2) is 65.0 Å². The molecule has 2 rings (SSSR count). The van der Waals surface area contributed by atoms with Crippen molar-refractivity contribution in [3.63, 3.8) is 0 Å². The predicted molar refractivity (Wildman–Crippen MR) is 103 cm³/mol. The zero-order valence-corrected chi connectivity index (χ0v) is 16.6. The quantitative estimate of drug-likeness (QED) is 0.506. The molecule has 1 fully saturated rings. The summed E-state index contributed by atoms with van der Waals surface area (Å²) in [5.74, 6) is -0.887. The number of sulfonamides is 1. The van der Waals surface area contributed by atoms with Gasteiger partial charge in [-0.1, -0.05) is 6.07 Å². The highest BCUT2D eigenvalue weighted by molar-refractivity contribution is 7.89. The van der Waals surface area contributed by atoms with Crippen LogP contribution in [0.3, 0.4) is 0 Å². The van der Waals surface area contributed by atoms with Gasteiger partial charge in [-0.05, 0) is 18.2 Å². The number of amides is 2. The first-order valence-corrected chi connectivity index (χ1v) is 9.73. The number of methoxy groups -OCH3 is 1. The molecule has 0 saturated carbocycles. The van der Waals surface area contributed by atoms with Crippen LogP contribution in [-0.2, 0) is 24.3 Å². The SMILES string of the molecule is COCCN1CC(C(=O)Nc2cccc(S(=O)(=O)NCCN)c2)CC1=O.Cl. The van der Waals surface area contributed by atoms with Crippen LogP contribution in [0.4, 0.5) is 5.69 Å². The second kappa shape index (κ2) is 10.6. The Morgan fingerprint density at radius 2 is 2.15 bits per heavy atom. The standard InChI is InChI=1S/C16H24N4O5S.ClH/c1-25-8-7-20-11-12(9-15(20)21)16(22)19-13-3-2-4-14(10-13)26(23,24)18-6-5-17;/h2-4,10,12,18H,5-9,11,17H2,1H3,(H,19,22);1H. The van der Waals surface area contributed by atoms with E-state index >= 15 is 0 Å². The molecule has 1 aromatic rings. The highest BCUT2D eigenvalue weighted by Crippen LogP contribution is 2.21. The Kier molecular flexibility index (Phi) is 9.13. The van der Waals surface area contributed by atoms with E-state index in [1.807, 2.05) is 0 Å². The fraction of sp³-hybridized carbons (Fsp3) is 0.500. The first kappa shape index (κ1) is 23.3. The van der Waals surface area contributed by atoms with E-state index in [-0.39, 0.29) is 48.6 Å². The normalized spacial score (nSPS) is 16.9. The summed E-state index contributed by atoms with van der Waals surface area (Å²) in [7, 11) is -2.14. The molecule has 0 aromatic heterocycles. The van der Waals surface area contributed by atoms with Gasteiger partial charge in [0.05, 0.1) is 17.4 Å². The largest absolute Gasteiger partial charge is 0.383 e. The lowest BCUT2D eigenvalue weighted by molar-refractivity contribution is -0.128. The smallest absolute Gasteiger partial charge is 0.240 e. The van der Waals surface area contributed by atoms with Gasteiger partial charge in [-0.3, -0.25) is 9.59 Å². The van der Waals surface area contributed by atoms with Crippen LogP contribution < -0.4 is 15.8 Å². The topological polar surface area (TPSA) is 131 Å². The van der Waals surface area contributed by atoms with E-state index in [4.69, 9.17) is 10.5 Å². The Hall–Kier alpha value is -1.72. The lowest BCUT2D eigenvalue weighted by atomic mass is 10.1. The molecule has 4 N–H and O–H groups in total. The van der Waals surface area contributed by atoms with E-state index in [9.17, 15) is 18.0 Å². The lowest BCUT2D eigenvalue weighted by Crippen LogP contribution is -2.31. The van der Waals surface area contributed by atoms with Crippen LogP contribution in [0.5, 0.6) is 0 Å². The summed E-state index contributed by atoms with van der Waals surface area (Å²) < 4.78 is 31.6. The van der Waals surface area contributed by atoms with Crippen molar-refractivity contribution >= 4 is 39.9 Å². The Labute approximate surface area is 165 Å². The van der Waals surface area contributed by atoms with Crippen LogP contribution in [0.25, 0.3) is 0 Å². The molecule has 11 heteroatoms. The minimum Gasteiger partial charge on any atom is -0.383 e. The van der Waals surface area contributed by atoms with Crippen molar-refractivity contribution in [3.8, 4) is 0 Å². The molecule has 0 spiro atoms. The molecule has 0 aliphatic carbocycles. The van der Waals surface area contributed by atoms with E-state index < -0.39 is 15.9 Å². The summed E-state index contributed by atoms with van der Waals surface area (Å²) >= 11 is 0. The maximum Gasteiger partial charge on any atom is 0.240 e. The number of hydrogen-bond acceptors (Lipinski definition) is 6. The molecule has 1 aliphatic heterocycles. The third kappa shape index (κ3) is 6.43. The van der Waals surface area contributed by atoms with Crippen LogP contribution in [0, 0.1) is 5.92 Å². The van der Waals surface area contributed by atoms with Crippen LogP contribution >= 0.6 is 12.4 Å². The molecule has 27 heavy (non-hydrogen) atoms. The number of rotatable bonds is 9. The average Bonchev–Trinajstić information content (AvgIpc) is 2.99. The third-order valence-corrected chi connectivity index (χ3v) is 5.46.